The molecule has 3 rings (SSSR count). The molecule has 1 aliphatic rings. The van der Waals surface area contributed by atoms with Crippen molar-refractivity contribution in [1.82, 2.24) is 4.98 Å². The van der Waals surface area contributed by atoms with Crippen LogP contribution in [0.15, 0.2) is 36.5 Å². The summed E-state index contributed by atoms with van der Waals surface area (Å²) >= 11 is 5.92. The highest BCUT2D eigenvalue weighted by molar-refractivity contribution is 6.32. The third-order valence-electron chi connectivity index (χ3n) is 3.41. The van der Waals surface area contributed by atoms with Crippen LogP contribution in [0.25, 0.3) is 0 Å². The van der Waals surface area contributed by atoms with Gasteiger partial charge in [0.1, 0.15) is 11.6 Å². The molecule has 0 saturated heterocycles. The van der Waals surface area contributed by atoms with Crippen LogP contribution in [0, 0.1) is 0 Å². The van der Waals surface area contributed by atoms with Gasteiger partial charge in [0, 0.05) is 6.20 Å². The Labute approximate surface area is 145 Å². The molecule has 2 heterocycles. The highest BCUT2D eigenvalue weighted by atomic mass is 35.5. The van der Waals surface area contributed by atoms with E-state index in [4.69, 9.17) is 27.2 Å². The monoisotopic (exact) mass is 349 g/mol. The Morgan fingerprint density at radius 1 is 1.42 bits per heavy atom. The van der Waals surface area contributed by atoms with Crippen molar-refractivity contribution in [1.29, 1.82) is 0 Å². The highest BCUT2D eigenvalue weighted by Crippen LogP contribution is 2.31. The molecule has 1 aromatic heterocycles. The number of para-hydroxylation sites is 1. The average Bonchev–Trinajstić information content (AvgIpc) is 2.56. The van der Waals surface area contributed by atoms with Crippen molar-refractivity contribution in [3.05, 3.63) is 52.7 Å². The lowest BCUT2D eigenvalue weighted by molar-refractivity contribution is 0.199. The summed E-state index contributed by atoms with van der Waals surface area (Å²) < 4.78 is 5.42. The smallest absolute Gasteiger partial charge is 0.317 e. The summed E-state index contributed by atoms with van der Waals surface area (Å²) in [6, 6.07) is 8.50. The lowest BCUT2D eigenvalue weighted by atomic mass is 10.1. The standard InChI is InChI=1S/C9H9ClO.C8H11N3O2/c10-8-5-1-3-7-4-2-6-11-9(7)8;1-5(12)6-2-3-7(10-4-6)11-8(9)13/h1,3,5H,2,4,6H2;2-5,12H,1H3,(H3,9,10,11,13). The molecular weight excluding hydrogens is 330 g/mol. The summed E-state index contributed by atoms with van der Waals surface area (Å²) in [7, 11) is 0. The van der Waals surface area contributed by atoms with Gasteiger partial charge in [0.05, 0.1) is 17.7 Å². The fraction of sp³-hybridized carbons (Fsp3) is 0.294. The first-order valence-corrected chi connectivity index (χ1v) is 7.96. The number of halogens is 1. The molecule has 1 unspecified atom stereocenters. The van der Waals surface area contributed by atoms with Crippen LogP contribution < -0.4 is 15.8 Å². The first-order chi connectivity index (χ1) is 11.5. The number of aromatic nitrogens is 1. The molecule has 7 heteroatoms. The molecule has 1 aromatic carbocycles. The second-order valence-electron chi connectivity index (χ2n) is 5.32. The quantitative estimate of drug-likeness (QED) is 0.774. The number of aryl methyl sites for hydroxylation is 1. The predicted molar refractivity (Wildman–Crippen MR) is 93.3 cm³/mol. The van der Waals surface area contributed by atoms with E-state index in [2.05, 4.69) is 16.4 Å². The average molecular weight is 350 g/mol. The Balaban J connectivity index is 0.000000175. The van der Waals surface area contributed by atoms with Crippen LogP contribution >= 0.6 is 11.6 Å². The van der Waals surface area contributed by atoms with E-state index in [0.29, 0.717) is 11.4 Å². The number of pyridine rings is 1. The van der Waals surface area contributed by atoms with Crippen LogP contribution in [0.2, 0.25) is 5.02 Å². The maximum atomic E-state index is 10.4. The summed E-state index contributed by atoms with van der Waals surface area (Å²) in [6.07, 6.45) is 3.12. The van der Waals surface area contributed by atoms with Gasteiger partial charge in [0.2, 0.25) is 0 Å². The molecular formula is C17H20ClN3O3. The topological polar surface area (TPSA) is 97.5 Å². The maximum absolute atomic E-state index is 10.4. The number of hydrogen-bond donors (Lipinski definition) is 3. The van der Waals surface area contributed by atoms with Gasteiger partial charge in [-0.3, -0.25) is 5.32 Å². The van der Waals surface area contributed by atoms with E-state index in [1.807, 2.05) is 12.1 Å². The number of carbonyl (C=O) groups excluding carboxylic acids is 1. The second kappa shape index (κ2) is 8.52. The van der Waals surface area contributed by atoms with E-state index in [1.165, 1.54) is 11.8 Å². The van der Waals surface area contributed by atoms with Gasteiger partial charge in [0.25, 0.3) is 0 Å². The van der Waals surface area contributed by atoms with Crippen molar-refractivity contribution in [2.24, 2.45) is 5.73 Å². The van der Waals surface area contributed by atoms with Gasteiger partial charge in [-0.1, -0.05) is 29.8 Å². The zero-order chi connectivity index (χ0) is 17.5. The molecule has 6 nitrogen and oxygen atoms in total. The largest absolute Gasteiger partial charge is 0.492 e. The van der Waals surface area contributed by atoms with Gasteiger partial charge in [-0.05, 0) is 43.0 Å². The Bertz CT molecular complexity index is 690. The number of rotatable bonds is 2. The molecule has 4 N–H and O–H groups in total. The summed E-state index contributed by atoms with van der Waals surface area (Å²) in [5.74, 6) is 1.26. The number of amides is 2. The lowest BCUT2D eigenvalue weighted by Gasteiger charge is -2.17. The number of nitrogens with zero attached hydrogens (tertiary/aromatic N) is 1. The van der Waals surface area contributed by atoms with Crippen LogP contribution in [0.1, 0.15) is 30.6 Å². The molecule has 0 saturated carbocycles. The molecule has 1 atom stereocenters. The molecule has 0 fully saturated rings. The number of aliphatic hydroxyl groups is 1. The number of nitrogens with one attached hydrogen (secondary N) is 1. The molecule has 0 radical (unpaired) electrons. The van der Waals surface area contributed by atoms with Gasteiger partial charge < -0.3 is 15.6 Å². The summed E-state index contributed by atoms with van der Waals surface area (Å²) in [6.45, 7) is 2.44. The van der Waals surface area contributed by atoms with Crippen molar-refractivity contribution >= 4 is 23.4 Å². The normalized spacial score (nSPS) is 13.6. The van der Waals surface area contributed by atoms with Gasteiger partial charge in [0.15, 0.2) is 0 Å². The third kappa shape index (κ3) is 5.11. The number of nitrogens with two attached hydrogens (primary N) is 1. The molecule has 2 aromatic rings. The second-order valence-corrected chi connectivity index (χ2v) is 5.73. The molecule has 0 aliphatic carbocycles. The zero-order valence-corrected chi connectivity index (χ0v) is 14.1. The first kappa shape index (κ1) is 18.0. The van der Waals surface area contributed by atoms with Gasteiger partial charge >= 0.3 is 6.03 Å². The van der Waals surface area contributed by atoms with Gasteiger partial charge in [-0.15, -0.1) is 0 Å². The van der Waals surface area contributed by atoms with E-state index in [9.17, 15) is 4.79 Å². The summed E-state index contributed by atoms with van der Waals surface area (Å²) in [4.78, 5) is 14.3. The lowest BCUT2D eigenvalue weighted by Crippen LogP contribution is -2.19. The molecule has 128 valence electrons. The number of anilines is 1. The van der Waals surface area contributed by atoms with Gasteiger partial charge in [-0.25, -0.2) is 9.78 Å². The Morgan fingerprint density at radius 2 is 2.21 bits per heavy atom. The zero-order valence-electron chi connectivity index (χ0n) is 13.3. The van der Waals surface area contributed by atoms with Crippen molar-refractivity contribution in [2.45, 2.75) is 25.9 Å². The van der Waals surface area contributed by atoms with Crippen molar-refractivity contribution in [3.63, 3.8) is 0 Å². The number of primary amides is 1. The fourth-order valence-electron chi connectivity index (χ4n) is 2.20. The van der Waals surface area contributed by atoms with Crippen LogP contribution in [0.3, 0.4) is 0 Å². The summed E-state index contributed by atoms with van der Waals surface area (Å²) in [5.41, 5.74) is 6.81. The highest BCUT2D eigenvalue weighted by Gasteiger charge is 2.12. The number of urea groups is 1. The maximum Gasteiger partial charge on any atom is 0.317 e. The van der Waals surface area contributed by atoms with E-state index in [0.717, 1.165) is 30.2 Å². The number of ether oxygens (including phenoxy) is 1. The SMILES string of the molecule is CC(O)c1ccc(NC(N)=O)nc1.Clc1cccc2c1OCCC2. The van der Waals surface area contributed by atoms with Crippen molar-refractivity contribution in [3.8, 4) is 5.75 Å². The minimum absolute atomic E-state index is 0.372. The van der Waals surface area contributed by atoms with Crippen LogP contribution in [0.5, 0.6) is 5.75 Å². The Kier molecular flexibility index (Phi) is 6.40. The predicted octanol–water partition coefficient (Wildman–Crippen LogP) is 3.29. The number of hydrogen-bond acceptors (Lipinski definition) is 4. The van der Waals surface area contributed by atoms with Crippen molar-refractivity contribution in [2.75, 3.05) is 11.9 Å². The van der Waals surface area contributed by atoms with E-state index in [-0.39, 0.29) is 0 Å². The number of fused-ring (bicyclic) bond motifs is 1. The minimum Gasteiger partial charge on any atom is -0.492 e. The summed E-state index contributed by atoms with van der Waals surface area (Å²) in [5, 5.41) is 12.2. The number of benzene rings is 1. The molecule has 0 bridgehead atoms. The molecule has 24 heavy (non-hydrogen) atoms. The minimum atomic E-state index is -0.655. The molecule has 2 amide bonds. The van der Waals surface area contributed by atoms with Crippen molar-refractivity contribution < 1.29 is 14.6 Å². The van der Waals surface area contributed by atoms with Crippen LogP contribution in [-0.4, -0.2) is 22.7 Å². The molecule has 0 spiro atoms. The first-order valence-electron chi connectivity index (χ1n) is 7.58. The van der Waals surface area contributed by atoms with E-state index < -0.39 is 12.1 Å². The van der Waals surface area contributed by atoms with E-state index >= 15 is 0 Å². The Hall–Kier alpha value is -2.31. The Morgan fingerprint density at radius 3 is 2.79 bits per heavy atom. The van der Waals surface area contributed by atoms with Crippen LogP contribution in [-0.2, 0) is 6.42 Å². The molecule has 1 aliphatic heterocycles. The van der Waals surface area contributed by atoms with E-state index in [1.54, 1.807) is 19.1 Å². The van der Waals surface area contributed by atoms with Gasteiger partial charge in [-0.2, -0.15) is 0 Å². The van der Waals surface area contributed by atoms with Crippen LogP contribution in [0.4, 0.5) is 10.6 Å². The fourth-order valence-corrected chi connectivity index (χ4v) is 2.45. The number of aliphatic hydroxyl groups excluding tert-OH is 1. The third-order valence-corrected chi connectivity index (χ3v) is 3.70. The number of carbonyl (C=O) groups is 1.